The minimum absolute atomic E-state index is 0.147. The minimum Gasteiger partial charge on any atom is -0.338 e. The summed E-state index contributed by atoms with van der Waals surface area (Å²) in [4.78, 5) is 13.6. The standard InChI is InChI=1S/C12H15BrFNO/c1-3-15(7-6-13)12(16)10-5-4-9(2)8-11(10)14/h4-5,8H,3,6-7H2,1-2H3. The molecule has 0 heterocycles. The Kier molecular flexibility index (Phi) is 4.93. The lowest BCUT2D eigenvalue weighted by Gasteiger charge is -2.20. The molecule has 0 atom stereocenters. The Balaban J connectivity index is 2.94. The van der Waals surface area contributed by atoms with E-state index in [0.29, 0.717) is 18.4 Å². The molecule has 1 rings (SSSR count). The van der Waals surface area contributed by atoms with Crippen molar-refractivity contribution >= 4 is 21.8 Å². The summed E-state index contributed by atoms with van der Waals surface area (Å²) in [5.41, 5.74) is 0.964. The van der Waals surface area contributed by atoms with Crippen LogP contribution in [0.2, 0.25) is 0 Å². The van der Waals surface area contributed by atoms with Crippen molar-refractivity contribution < 1.29 is 9.18 Å². The smallest absolute Gasteiger partial charge is 0.256 e. The number of nitrogens with zero attached hydrogens (tertiary/aromatic N) is 1. The van der Waals surface area contributed by atoms with Crippen molar-refractivity contribution in [1.82, 2.24) is 4.90 Å². The third-order valence-electron chi connectivity index (χ3n) is 2.38. The third kappa shape index (κ3) is 3.04. The van der Waals surface area contributed by atoms with Crippen molar-refractivity contribution in [3.8, 4) is 0 Å². The highest BCUT2D eigenvalue weighted by molar-refractivity contribution is 9.09. The van der Waals surface area contributed by atoms with Gasteiger partial charge in [-0.15, -0.1) is 0 Å². The van der Waals surface area contributed by atoms with Crippen LogP contribution in [0.25, 0.3) is 0 Å². The van der Waals surface area contributed by atoms with Gasteiger partial charge in [0.1, 0.15) is 5.82 Å². The van der Waals surface area contributed by atoms with Crippen molar-refractivity contribution in [1.29, 1.82) is 0 Å². The molecule has 0 radical (unpaired) electrons. The zero-order chi connectivity index (χ0) is 12.1. The fraction of sp³-hybridized carbons (Fsp3) is 0.417. The van der Waals surface area contributed by atoms with Gasteiger partial charge in [0.15, 0.2) is 0 Å². The zero-order valence-corrected chi connectivity index (χ0v) is 11.1. The molecule has 0 bridgehead atoms. The first-order chi connectivity index (χ1) is 7.60. The van der Waals surface area contributed by atoms with Gasteiger partial charge in [0.2, 0.25) is 0 Å². The second-order valence-electron chi connectivity index (χ2n) is 3.56. The number of hydrogen-bond acceptors (Lipinski definition) is 1. The number of alkyl halides is 1. The van der Waals surface area contributed by atoms with Gasteiger partial charge in [-0.1, -0.05) is 22.0 Å². The molecule has 88 valence electrons. The van der Waals surface area contributed by atoms with Crippen LogP contribution in [-0.2, 0) is 0 Å². The van der Waals surface area contributed by atoms with Crippen LogP contribution in [0.5, 0.6) is 0 Å². The summed E-state index contributed by atoms with van der Waals surface area (Å²) in [5.74, 6) is -0.697. The molecule has 0 saturated heterocycles. The van der Waals surface area contributed by atoms with Crippen LogP contribution in [0, 0.1) is 12.7 Å². The van der Waals surface area contributed by atoms with E-state index in [2.05, 4.69) is 15.9 Å². The minimum atomic E-state index is -0.446. The molecule has 16 heavy (non-hydrogen) atoms. The van der Waals surface area contributed by atoms with Gasteiger partial charge in [-0.05, 0) is 31.5 Å². The zero-order valence-electron chi connectivity index (χ0n) is 9.46. The lowest BCUT2D eigenvalue weighted by atomic mass is 10.1. The summed E-state index contributed by atoms with van der Waals surface area (Å²) in [5, 5.41) is 0.695. The first-order valence-electron chi connectivity index (χ1n) is 5.21. The van der Waals surface area contributed by atoms with Crippen LogP contribution < -0.4 is 0 Å². The van der Waals surface area contributed by atoms with Crippen molar-refractivity contribution in [2.75, 3.05) is 18.4 Å². The van der Waals surface area contributed by atoms with Crippen LogP contribution >= 0.6 is 15.9 Å². The molecule has 2 nitrogen and oxygen atoms in total. The van der Waals surface area contributed by atoms with Crippen molar-refractivity contribution in [2.24, 2.45) is 0 Å². The van der Waals surface area contributed by atoms with Crippen LogP contribution in [0.3, 0.4) is 0 Å². The molecule has 1 amide bonds. The fourth-order valence-corrected chi connectivity index (χ4v) is 1.90. The Morgan fingerprint density at radius 1 is 1.50 bits per heavy atom. The molecule has 4 heteroatoms. The molecule has 0 aliphatic rings. The van der Waals surface area contributed by atoms with E-state index in [4.69, 9.17) is 0 Å². The summed E-state index contributed by atoms with van der Waals surface area (Å²) < 4.78 is 13.6. The van der Waals surface area contributed by atoms with Crippen LogP contribution in [0.1, 0.15) is 22.8 Å². The SMILES string of the molecule is CCN(CCBr)C(=O)c1ccc(C)cc1F. The lowest BCUT2D eigenvalue weighted by molar-refractivity contribution is 0.0770. The summed E-state index contributed by atoms with van der Waals surface area (Å²) in [6, 6.07) is 4.68. The van der Waals surface area contributed by atoms with E-state index in [1.807, 2.05) is 6.92 Å². The predicted octanol–water partition coefficient (Wildman–Crippen LogP) is 2.99. The first kappa shape index (κ1) is 13.2. The fourth-order valence-electron chi connectivity index (χ4n) is 1.47. The van der Waals surface area contributed by atoms with Crippen molar-refractivity contribution in [3.05, 3.63) is 35.1 Å². The van der Waals surface area contributed by atoms with Crippen LogP contribution in [0.15, 0.2) is 18.2 Å². The number of benzene rings is 1. The lowest BCUT2D eigenvalue weighted by Crippen LogP contribution is -2.33. The average molecular weight is 288 g/mol. The first-order valence-corrected chi connectivity index (χ1v) is 6.33. The monoisotopic (exact) mass is 287 g/mol. The van der Waals surface area contributed by atoms with E-state index < -0.39 is 5.82 Å². The second-order valence-corrected chi connectivity index (χ2v) is 4.35. The molecule has 0 unspecified atom stereocenters. The number of rotatable bonds is 4. The molecule has 0 N–H and O–H groups in total. The summed E-state index contributed by atoms with van der Waals surface area (Å²) in [7, 11) is 0. The van der Waals surface area contributed by atoms with Gasteiger partial charge in [0, 0.05) is 18.4 Å². The van der Waals surface area contributed by atoms with Gasteiger partial charge >= 0.3 is 0 Å². The highest BCUT2D eigenvalue weighted by Crippen LogP contribution is 2.12. The molecule has 0 saturated carbocycles. The molecular weight excluding hydrogens is 273 g/mol. The molecule has 0 aliphatic heterocycles. The average Bonchev–Trinajstić information content (AvgIpc) is 2.25. The summed E-state index contributed by atoms with van der Waals surface area (Å²) in [6.07, 6.45) is 0. The molecule has 1 aromatic carbocycles. The summed E-state index contributed by atoms with van der Waals surface area (Å²) in [6.45, 7) is 4.85. The second kappa shape index (κ2) is 5.99. The highest BCUT2D eigenvalue weighted by atomic mass is 79.9. The topological polar surface area (TPSA) is 20.3 Å². The highest BCUT2D eigenvalue weighted by Gasteiger charge is 2.17. The van der Waals surface area contributed by atoms with E-state index in [0.717, 1.165) is 5.56 Å². The Hall–Kier alpha value is -0.900. The van der Waals surface area contributed by atoms with Gasteiger partial charge in [0.25, 0.3) is 5.91 Å². The molecule has 0 fully saturated rings. The van der Waals surface area contributed by atoms with Gasteiger partial charge < -0.3 is 4.90 Å². The molecule has 0 spiro atoms. The van der Waals surface area contributed by atoms with E-state index in [1.54, 1.807) is 24.0 Å². The van der Waals surface area contributed by atoms with Crippen LogP contribution in [0.4, 0.5) is 4.39 Å². The Morgan fingerprint density at radius 2 is 2.19 bits per heavy atom. The number of carbonyl (C=O) groups excluding carboxylic acids is 1. The normalized spacial score (nSPS) is 10.2. The summed E-state index contributed by atoms with van der Waals surface area (Å²) >= 11 is 3.27. The number of carbonyl (C=O) groups is 1. The quantitative estimate of drug-likeness (QED) is 0.780. The number of hydrogen-bond donors (Lipinski definition) is 0. The molecule has 0 aromatic heterocycles. The Bertz CT molecular complexity index is 381. The van der Waals surface area contributed by atoms with E-state index in [-0.39, 0.29) is 11.5 Å². The van der Waals surface area contributed by atoms with Gasteiger partial charge in [0.05, 0.1) is 5.56 Å². The van der Waals surface area contributed by atoms with Gasteiger partial charge in [-0.25, -0.2) is 4.39 Å². The van der Waals surface area contributed by atoms with E-state index in [1.165, 1.54) is 6.07 Å². The van der Waals surface area contributed by atoms with Crippen molar-refractivity contribution in [2.45, 2.75) is 13.8 Å². The Labute approximate surface area is 104 Å². The van der Waals surface area contributed by atoms with E-state index >= 15 is 0 Å². The molecule has 0 aliphatic carbocycles. The number of aryl methyl sites for hydroxylation is 1. The Morgan fingerprint density at radius 3 is 2.69 bits per heavy atom. The molecular formula is C12H15BrFNO. The van der Waals surface area contributed by atoms with Crippen LogP contribution in [-0.4, -0.2) is 29.2 Å². The maximum atomic E-state index is 13.6. The number of halogens is 2. The predicted molar refractivity (Wildman–Crippen MR) is 66.5 cm³/mol. The van der Waals surface area contributed by atoms with Gasteiger partial charge in [-0.3, -0.25) is 4.79 Å². The maximum absolute atomic E-state index is 13.6. The van der Waals surface area contributed by atoms with Gasteiger partial charge in [-0.2, -0.15) is 0 Å². The third-order valence-corrected chi connectivity index (χ3v) is 2.73. The largest absolute Gasteiger partial charge is 0.338 e. The maximum Gasteiger partial charge on any atom is 0.256 e. The van der Waals surface area contributed by atoms with E-state index in [9.17, 15) is 9.18 Å². The molecule has 1 aromatic rings. The van der Waals surface area contributed by atoms with Crippen molar-refractivity contribution in [3.63, 3.8) is 0 Å². The number of amides is 1.